The Kier molecular flexibility index (Phi) is 4.89. The van der Waals surface area contributed by atoms with Gasteiger partial charge in [-0.25, -0.2) is 4.98 Å². The molecular weight excluding hydrogens is 326 g/mol. The summed E-state index contributed by atoms with van der Waals surface area (Å²) >= 11 is 0. The topological polar surface area (TPSA) is 77.2 Å². The van der Waals surface area contributed by atoms with Crippen molar-refractivity contribution in [2.24, 2.45) is 0 Å². The molecule has 0 spiro atoms. The zero-order valence-electron chi connectivity index (χ0n) is 15.0. The molecule has 0 unspecified atom stereocenters. The Balaban J connectivity index is 1.71. The van der Waals surface area contributed by atoms with Gasteiger partial charge in [0.25, 0.3) is 5.91 Å². The fraction of sp³-hybridized carbons (Fsp3) is 0.143. The first-order valence-corrected chi connectivity index (χ1v) is 8.32. The number of hydrogen-bond donors (Lipinski definition) is 2. The van der Waals surface area contributed by atoms with Crippen molar-refractivity contribution in [2.45, 2.75) is 20.8 Å². The molecule has 5 nitrogen and oxygen atoms in total. The number of nitrogen functional groups attached to an aromatic ring is 1. The van der Waals surface area contributed by atoms with Crippen molar-refractivity contribution in [1.29, 1.82) is 0 Å². The van der Waals surface area contributed by atoms with Crippen LogP contribution in [0.25, 0.3) is 0 Å². The van der Waals surface area contributed by atoms with Gasteiger partial charge in [0.05, 0.1) is 5.56 Å². The summed E-state index contributed by atoms with van der Waals surface area (Å²) in [5, 5.41) is 2.82. The molecule has 0 fully saturated rings. The molecule has 0 saturated heterocycles. The summed E-state index contributed by atoms with van der Waals surface area (Å²) < 4.78 is 5.92. The summed E-state index contributed by atoms with van der Waals surface area (Å²) in [6.07, 6.45) is 0. The van der Waals surface area contributed by atoms with Crippen molar-refractivity contribution >= 4 is 17.4 Å². The normalized spacial score (nSPS) is 10.4. The highest BCUT2D eigenvalue weighted by Crippen LogP contribution is 2.27. The van der Waals surface area contributed by atoms with Gasteiger partial charge in [0.1, 0.15) is 17.3 Å². The number of benzene rings is 2. The lowest BCUT2D eigenvalue weighted by Gasteiger charge is -2.11. The lowest BCUT2D eigenvalue weighted by molar-refractivity contribution is 0.102. The van der Waals surface area contributed by atoms with E-state index in [0.717, 1.165) is 22.6 Å². The predicted octanol–water partition coefficient (Wildman–Crippen LogP) is 4.63. The van der Waals surface area contributed by atoms with Crippen LogP contribution in [-0.2, 0) is 0 Å². The van der Waals surface area contributed by atoms with Gasteiger partial charge in [-0.1, -0.05) is 12.1 Å². The Hall–Kier alpha value is -3.34. The summed E-state index contributed by atoms with van der Waals surface area (Å²) in [4.78, 5) is 16.5. The third kappa shape index (κ3) is 4.00. The van der Waals surface area contributed by atoms with Gasteiger partial charge < -0.3 is 15.8 Å². The van der Waals surface area contributed by atoms with Crippen molar-refractivity contribution in [3.8, 4) is 11.5 Å². The highest BCUT2D eigenvalue weighted by atomic mass is 16.5. The molecule has 0 aliphatic rings. The number of carbonyl (C=O) groups is 1. The highest BCUT2D eigenvalue weighted by molar-refractivity contribution is 6.07. The average molecular weight is 347 g/mol. The van der Waals surface area contributed by atoms with Gasteiger partial charge in [0, 0.05) is 11.4 Å². The van der Waals surface area contributed by atoms with E-state index < -0.39 is 0 Å². The number of ether oxygens (including phenoxy) is 1. The van der Waals surface area contributed by atoms with E-state index >= 15 is 0 Å². The second-order valence-corrected chi connectivity index (χ2v) is 6.23. The molecule has 0 saturated carbocycles. The van der Waals surface area contributed by atoms with Crippen LogP contribution in [0, 0.1) is 20.8 Å². The first kappa shape index (κ1) is 17.5. The second kappa shape index (κ2) is 7.27. The third-order valence-corrected chi connectivity index (χ3v) is 3.99. The molecule has 0 aliphatic heterocycles. The number of anilines is 2. The summed E-state index contributed by atoms with van der Waals surface area (Å²) in [6.45, 7) is 5.85. The summed E-state index contributed by atoms with van der Waals surface area (Å²) in [5.41, 5.74) is 9.80. The van der Waals surface area contributed by atoms with Gasteiger partial charge in [-0.2, -0.15) is 0 Å². The number of nitrogens with two attached hydrogens (primary N) is 1. The number of nitrogens with one attached hydrogen (secondary N) is 1. The van der Waals surface area contributed by atoms with Gasteiger partial charge in [-0.15, -0.1) is 0 Å². The summed E-state index contributed by atoms with van der Waals surface area (Å²) in [7, 11) is 0. The van der Waals surface area contributed by atoms with E-state index in [0.29, 0.717) is 17.0 Å². The van der Waals surface area contributed by atoms with Crippen molar-refractivity contribution in [3.63, 3.8) is 0 Å². The maximum atomic E-state index is 12.3. The van der Waals surface area contributed by atoms with E-state index in [2.05, 4.69) is 10.3 Å². The van der Waals surface area contributed by atoms with E-state index in [1.807, 2.05) is 51.1 Å². The van der Waals surface area contributed by atoms with E-state index in [9.17, 15) is 4.79 Å². The zero-order valence-corrected chi connectivity index (χ0v) is 15.0. The summed E-state index contributed by atoms with van der Waals surface area (Å²) in [5.74, 6) is 1.45. The number of aromatic nitrogens is 1. The molecule has 1 heterocycles. The molecule has 1 aromatic heterocycles. The number of hydrogen-bond acceptors (Lipinski definition) is 4. The molecule has 3 N–H and O–H groups in total. The molecule has 2 aromatic carbocycles. The smallest absolute Gasteiger partial charge is 0.259 e. The molecule has 1 amide bonds. The molecule has 3 rings (SSSR count). The Morgan fingerprint density at radius 2 is 1.73 bits per heavy atom. The number of rotatable bonds is 4. The molecule has 5 heteroatoms. The molecule has 26 heavy (non-hydrogen) atoms. The number of aryl methyl sites for hydroxylation is 3. The fourth-order valence-corrected chi connectivity index (χ4v) is 2.52. The number of amides is 1. The van der Waals surface area contributed by atoms with Crippen molar-refractivity contribution in [3.05, 3.63) is 77.0 Å². The lowest BCUT2D eigenvalue weighted by Crippen LogP contribution is -2.15. The first-order chi connectivity index (χ1) is 12.4. The molecule has 0 atom stereocenters. The van der Waals surface area contributed by atoms with Crippen LogP contribution in [0.1, 0.15) is 27.2 Å². The Bertz CT molecular complexity index is 950. The fourth-order valence-electron chi connectivity index (χ4n) is 2.52. The van der Waals surface area contributed by atoms with Crippen molar-refractivity contribution in [2.75, 3.05) is 11.1 Å². The van der Waals surface area contributed by atoms with Crippen LogP contribution in [0.3, 0.4) is 0 Å². The molecule has 0 radical (unpaired) electrons. The molecule has 0 bridgehead atoms. The Labute approximate surface area is 152 Å². The third-order valence-electron chi connectivity index (χ3n) is 3.99. The lowest BCUT2D eigenvalue weighted by atomic mass is 10.1. The highest BCUT2D eigenvalue weighted by Gasteiger charge is 2.11. The van der Waals surface area contributed by atoms with Crippen LogP contribution in [0.4, 0.5) is 11.5 Å². The number of pyridine rings is 1. The van der Waals surface area contributed by atoms with Crippen LogP contribution >= 0.6 is 0 Å². The standard InChI is InChI=1S/C21H21N3O2/c1-13-4-5-14(2)19(12-13)26-17-9-7-16(8-10-17)24-21(25)18-11-6-15(3)23-20(18)22/h4-12H,1-3H3,(H2,22,23)(H,24,25). The minimum absolute atomic E-state index is 0.220. The zero-order chi connectivity index (χ0) is 18.7. The van der Waals surface area contributed by atoms with Crippen LogP contribution < -0.4 is 15.8 Å². The van der Waals surface area contributed by atoms with Crippen LogP contribution in [0.2, 0.25) is 0 Å². The Morgan fingerprint density at radius 3 is 2.42 bits per heavy atom. The first-order valence-electron chi connectivity index (χ1n) is 8.32. The van der Waals surface area contributed by atoms with Gasteiger partial charge in [0.2, 0.25) is 0 Å². The van der Waals surface area contributed by atoms with Crippen LogP contribution in [0.5, 0.6) is 11.5 Å². The quantitative estimate of drug-likeness (QED) is 0.721. The predicted molar refractivity (Wildman–Crippen MR) is 104 cm³/mol. The van der Waals surface area contributed by atoms with Crippen LogP contribution in [0.15, 0.2) is 54.6 Å². The second-order valence-electron chi connectivity index (χ2n) is 6.23. The minimum atomic E-state index is -0.293. The Morgan fingerprint density at radius 1 is 1.00 bits per heavy atom. The average Bonchev–Trinajstić information content (AvgIpc) is 2.59. The van der Waals surface area contributed by atoms with Crippen LogP contribution in [-0.4, -0.2) is 10.9 Å². The van der Waals surface area contributed by atoms with Gasteiger partial charge in [0.15, 0.2) is 0 Å². The molecular formula is C21H21N3O2. The molecule has 3 aromatic rings. The maximum absolute atomic E-state index is 12.3. The SMILES string of the molecule is Cc1ccc(C)c(Oc2ccc(NC(=O)c3ccc(C)nc3N)cc2)c1. The maximum Gasteiger partial charge on any atom is 0.259 e. The van der Waals surface area contributed by atoms with E-state index in [-0.39, 0.29) is 11.7 Å². The van der Waals surface area contributed by atoms with Gasteiger partial charge in [-0.05, 0) is 74.4 Å². The monoisotopic (exact) mass is 347 g/mol. The minimum Gasteiger partial charge on any atom is -0.457 e. The number of nitrogens with zero attached hydrogens (tertiary/aromatic N) is 1. The largest absolute Gasteiger partial charge is 0.457 e. The molecule has 0 aliphatic carbocycles. The van der Waals surface area contributed by atoms with Gasteiger partial charge in [-0.3, -0.25) is 4.79 Å². The van der Waals surface area contributed by atoms with E-state index in [1.165, 1.54) is 0 Å². The molecule has 132 valence electrons. The number of carbonyl (C=O) groups excluding carboxylic acids is 1. The van der Waals surface area contributed by atoms with Crippen molar-refractivity contribution in [1.82, 2.24) is 4.98 Å². The van der Waals surface area contributed by atoms with Gasteiger partial charge >= 0.3 is 0 Å². The summed E-state index contributed by atoms with van der Waals surface area (Å²) in [6, 6.07) is 16.7. The van der Waals surface area contributed by atoms with E-state index in [1.54, 1.807) is 24.3 Å². The van der Waals surface area contributed by atoms with E-state index in [4.69, 9.17) is 10.5 Å². The van der Waals surface area contributed by atoms with Crippen molar-refractivity contribution < 1.29 is 9.53 Å².